The van der Waals surface area contributed by atoms with Gasteiger partial charge in [0, 0.05) is 5.75 Å². The van der Waals surface area contributed by atoms with Crippen LogP contribution in [-0.4, -0.2) is 5.75 Å². The van der Waals surface area contributed by atoms with Crippen molar-refractivity contribution in [1.29, 1.82) is 0 Å². The predicted molar refractivity (Wildman–Crippen MR) is 61.0 cm³/mol. The van der Waals surface area contributed by atoms with E-state index < -0.39 is 0 Å². The maximum Gasteiger partial charge on any atom is 0.0184 e. The molecule has 0 aliphatic rings. The number of hydrogen-bond donors (Lipinski definition) is 0. The molecule has 0 atom stereocenters. The van der Waals surface area contributed by atoms with E-state index in [0.29, 0.717) is 0 Å². The monoisotopic (exact) mass is 193 g/mol. The summed E-state index contributed by atoms with van der Waals surface area (Å²) < 4.78 is 0. The van der Waals surface area contributed by atoms with Gasteiger partial charge in [0.2, 0.25) is 0 Å². The Balaban J connectivity index is 2.07. The molecule has 1 rings (SSSR count). The summed E-state index contributed by atoms with van der Waals surface area (Å²) in [6, 6.07) is 11.3. The van der Waals surface area contributed by atoms with Gasteiger partial charge in [0.1, 0.15) is 0 Å². The summed E-state index contributed by atoms with van der Waals surface area (Å²) in [6.45, 7) is 2.25. The van der Waals surface area contributed by atoms with E-state index >= 15 is 0 Å². The molecule has 0 saturated heterocycles. The lowest BCUT2D eigenvalue weighted by atomic mass is 10.2. The van der Waals surface area contributed by atoms with Crippen molar-refractivity contribution in [2.24, 2.45) is 0 Å². The van der Waals surface area contributed by atoms with Gasteiger partial charge < -0.3 is 0 Å². The van der Waals surface area contributed by atoms with Gasteiger partial charge in [0.25, 0.3) is 0 Å². The van der Waals surface area contributed by atoms with Crippen LogP contribution in [0.15, 0.2) is 24.3 Å². The zero-order valence-corrected chi connectivity index (χ0v) is 9.07. The normalized spacial score (nSPS) is 10.2. The van der Waals surface area contributed by atoms with Crippen molar-refractivity contribution in [1.82, 2.24) is 0 Å². The van der Waals surface area contributed by atoms with Crippen LogP contribution < -0.4 is 0 Å². The Labute approximate surface area is 85.7 Å². The Morgan fingerprint density at radius 2 is 2.00 bits per heavy atom. The third kappa shape index (κ3) is 4.99. The first-order chi connectivity index (χ1) is 6.43. The Bertz CT molecular complexity index is 206. The summed E-state index contributed by atoms with van der Waals surface area (Å²) in [5.74, 6) is 2.45. The molecule has 0 aliphatic heterocycles. The van der Waals surface area contributed by atoms with E-state index in [1.165, 1.54) is 30.6 Å². The molecule has 1 heteroatoms. The molecule has 0 nitrogen and oxygen atoms in total. The molecule has 0 spiro atoms. The molecule has 0 saturated carbocycles. The topological polar surface area (TPSA) is 0 Å². The van der Waals surface area contributed by atoms with Gasteiger partial charge in [-0.25, -0.2) is 0 Å². The molecule has 0 fully saturated rings. The lowest BCUT2D eigenvalue weighted by Gasteiger charge is -2.00. The van der Waals surface area contributed by atoms with Crippen molar-refractivity contribution in [3.8, 4) is 0 Å². The Kier molecular flexibility index (Phi) is 5.75. The molecule has 0 amide bonds. The fourth-order valence-corrected chi connectivity index (χ4v) is 2.14. The molecule has 0 heterocycles. The molecule has 1 aromatic rings. The molecule has 0 aliphatic carbocycles. The van der Waals surface area contributed by atoms with E-state index in [2.05, 4.69) is 25.1 Å². The zero-order chi connectivity index (χ0) is 9.36. The summed E-state index contributed by atoms with van der Waals surface area (Å²) in [7, 11) is 0. The van der Waals surface area contributed by atoms with Crippen LogP contribution in [0.4, 0.5) is 0 Å². The van der Waals surface area contributed by atoms with Crippen molar-refractivity contribution >= 4 is 11.8 Å². The van der Waals surface area contributed by atoms with Gasteiger partial charge in [-0.15, -0.1) is 0 Å². The van der Waals surface area contributed by atoms with Crippen molar-refractivity contribution in [2.45, 2.75) is 31.9 Å². The summed E-state index contributed by atoms with van der Waals surface area (Å²) in [4.78, 5) is 0. The van der Waals surface area contributed by atoms with Crippen molar-refractivity contribution in [3.05, 3.63) is 35.9 Å². The minimum atomic E-state index is 1.15. The van der Waals surface area contributed by atoms with Gasteiger partial charge in [0.15, 0.2) is 0 Å². The number of hydrogen-bond acceptors (Lipinski definition) is 1. The quantitative estimate of drug-likeness (QED) is 0.617. The van der Waals surface area contributed by atoms with Gasteiger partial charge >= 0.3 is 0 Å². The van der Waals surface area contributed by atoms with Crippen LogP contribution in [0.1, 0.15) is 31.7 Å². The Hall–Kier alpha value is -0.430. The lowest BCUT2D eigenvalue weighted by molar-refractivity contribution is 0.778. The van der Waals surface area contributed by atoms with E-state index in [-0.39, 0.29) is 0 Å². The van der Waals surface area contributed by atoms with Crippen LogP contribution in [0.2, 0.25) is 0 Å². The fraction of sp³-hybridized carbons (Fsp3) is 0.500. The standard InChI is InChI=1S/C12H17S/c1-2-3-7-10-13-11-12-8-5-4-6-9-12/h5-6,8-9H,2-3,7,10-11H2,1H3. The average molecular weight is 193 g/mol. The SMILES string of the molecule is CCCCCSCc1cc[c]cc1. The summed E-state index contributed by atoms with van der Waals surface area (Å²) in [6.07, 6.45) is 4.05. The van der Waals surface area contributed by atoms with Crippen LogP contribution in [-0.2, 0) is 5.75 Å². The molecule has 0 bridgehead atoms. The van der Waals surface area contributed by atoms with Gasteiger partial charge in [-0.3, -0.25) is 0 Å². The second kappa shape index (κ2) is 7.02. The first-order valence-electron chi connectivity index (χ1n) is 4.96. The van der Waals surface area contributed by atoms with E-state index in [4.69, 9.17) is 0 Å². The third-order valence-corrected chi connectivity index (χ3v) is 3.06. The van der Waals surface area contributed by atoms with E-state index in [1.54, 1.807) is 0 Å². The lowest BCUT2D eigenvalue weighted by Crippen LogP contribution is -1.83. The van der Waals surface area contributed by atoms with Crippen LogP contribution in [0, 0.1) is 6.07 Å². The average Bonchev–Trinajstić information content (AvgIpc) is 2.19. The highest BCUT2D eigenvalue weighted by atomic mass is 32.2. The second-order valence-electron chi connectivity index (χ2n) is 3.17. The first-order valence-corrected chi connectivity index (χ1v) is 6.11. The van der Waals surface area contributed by atoms with Gasteiger partial charge in [-0.05, 0) is 23.8 Å². The first kappa shape index (κ1) is 10.6. The molecule has 0 N–H and O–H groups in total. The number of thioether (sulfide) groups is 1. The largest absolute Gasteiger partial charge is 0.157 e. The molecule has 0 aromatic heterocycles. The second-order valence-corrected chi connectivity index (χ2v) is 4.27. The molecule has 71 valence electrons. The fourth-order valence-electron chi connectivity index (χ4n) is 1.16. The smallest absolute Gasteiger partial charge is 0.0184 e. The minimum Gasteiger partial charge on any atom is -0.157 e. The summed E-state index contributed by atoms with van der Waals surface area (Å²) in [5, 5.41) is 0. The number of benzene rings is 1. The van der Waals surface area contributed by atoms with E-state index in [9.17, 15) is 0 Å². The summed E-state index contributed by atoms with van der Waals surface area (Å²) in [5.41, 5.74) is 1.42. The molecular formula is C12H17S. The maximum absolute atomic E-state index is 3.03. The highest BCUT2D eigenvalue weighted by molar-refractivity contribution is 7.98. The van der Waals surface area contributed by atoms with E-state index in [0.717, 1.165) is 5.75 Å². The van der Waals surface area contributed by atoms with Crippen LogP contribution >= 0.6 is 11.8 Å². The van der Waals surface area contributed by atoms with Crippen molar-refractivity contribution < 1.29 is 0 Å². The molecule has 1 aromatic carbocycles. The number of rotatable bonds is 6. The van der Waals surface area contributed by atoms with Crippen LogP contribution in [0.3, 0.4) is 0 Å². The van der Waals surface area contributed by atoms with Crippen molar-refractivity contribution in [2.75, 3.05) is 5.75 Å². The number of unbranched alkanes of at least 4 members (excludes halogenated alkanes) is 2. The van der Waals surface area contributed by atoms with Gasteiger partial charge in [0.05, 0.1) is 0 Å². The van der Waals surface area contributed by atoms with Crippen LogP contribution in [0.25, 0.3) is 0 Å². The van der Waals surface area contributed by atoms with E-state index in [1.807, 2.05) is 23.9 Å². The third-order valence-electron chi connectivity index (χ3n) is 1.95. The van der Waals surface area contributed by atoms with Gasteiger partial charge in [-0.1, -0.05) is 44.0 Å². The molecule has 0 unspecified atom stereocenters. The predicted octanol–water partition coefficient (Wildman–Crippen LogP) is 3.91. The molecular weight excluding hydrogens is 176 g/mol. The van der Waals surface area contributed by atoms with Crippen molar-refractivity contribution in [3.63, 3.8) is 0 Å². The Morgan fingerprint density at radius 3 is 2.69 bits per heavy atom. The van der Waals surface area contributed by atoms with Gasteiger partial charge in [-0.2, -0.15) is 11.8 Å². The highest BCUT2D eigenvalue weighted by Crippen LogP contribution is 2.13. The summed E-state index contributed by atoms with van der Waals surface area (Å²) >= 11 is 2.03. The Morgan fingerprint density at radius 1 is 1.23 bits per heavy atom. The zero-order valence-electron chi connectivity index (χ0n) is 8.25. The maximum atomic E-state index is 3.03. The minimum absolute atomic E-state index is 1.15. The van der Waals surface area contributed by atoms with Crippen LogP contribution in [0.5, 0.6) is 0 Å². The molecule has 1 radical (unpaired) electrons. The highest BCUT2D eigenvalue weighted by Gasteiger charge is 1.91. The molecule has 13 heavy (non-hydrogen) atoms.